The minimum absolute atomic E-state index is 0. The van der Waals surface area contributed by atoms with E-state index in [2.05, 4.69) is 15.0 Å². The first-order chi connectivity index (χ1) is 5.87. The molecule has 1 rings (SSSR count). The molecule has 0 saturated heterocycles. The molecule has 0 aromatic carbocycles. The molecule has 14 heavy (non-hydrogen) atoms. The van der Waals surface area contributed by atoms with Crippen LogP contribution in [0.25, 0.3) is 0 Å². The third-order valence-corrected chi connectivity index (χ3v) is 1.33. The van der Waals surface area contributed by atoms with Gasteiger partial charge in [0, 0.05) is 0 Å². The molecule has 6 N–H and O–H groups in total. The third kappa shape index (κ3) is 4.53. The van der Waals surface area contributed by atoms with E-state index < -0.39 is 16.3 Å². The van der Waals surface area contributed by atoms with Gasteiger partial charge in [-0.25, -0.2) is 4.72 Å². The number of hydrogen-bond acceptors (Lipinski definition) is 7. The fraction of sp³-hybridized carbons (Fsp3) is 0. The van der Waals surface area contributed by atoms with Gasteiger partial charge in [-0.05, 0) is 0 Å². The molecule has 0 amide bonds. The first kappa shape index (κ1) is 13.3. The van der Waals surface area contributed by atoms with Gasteiger partial charge in [0.2, 0.25) is 17.8 Å². The molecule has 0 saturated carbocycles. The Hall–Kier alpha value is -0.680. The van der Waals surface area contributed by atoms with Crippen molar-refractivity contribution in [2.45, 2.75) is 0 Å². The maximum atomic E-state index is 10.3. The Kier molecular flexibility index (Phi) is 4.48. The average Bonchev–Trinajstić information content (AvgIpc) is 1.78. The van der Waals surface area contributed by atoms with E-state index in [1.54, 1.807) is 4.72 Å². The fourth-order valence-corrected chi connectivity index (χ4v) is 0.892. The Balaban J connectivity index is 0.00000169. The van der Waals surface area contributed by atoms with Gasteiger partial charge in [0.05, 0.1) is 0 Å². The summed E-state index contributed by atoms with van der Waals surface area (Å²) in [6.45, 7) is 0. The predicted octanol–water partition coefficient (Wildman–Crippen LogP) is -2.40. The number of nitrogen functional groups attached to an aromatic ring is 2. The van der Waals surface area contributed by atoms with E-state index in [0.29, 0.717) is 0 Å². The number of nitrogens with two attached hydrogens (primary N) is 2. The van der Waals surface area contributed by atoms with E-state index in [0.717, 1.165) is 0 Å². The van der Waals surface area contributed by atoms with Crippen LogP contribution in [-0.4, -0.2) is 57.5 Å². The van der Waals surface area contributed by atoms with Crippen LogP contribution in [0.2, 0.25) is 0 Å². The van der Waals surface area contributed by atoms with E-state index in [9.17, 15) is 8.42 Å². The number of aromatic nitrogens is 3. The number of rotatable bonds is 2. The zero-order chi connectivity index (χ0) is 10.1. The summed E-state index contributed by atoms with van der Waals surface area (Å²) < 4.78 is 30.5. The van der Waals surface area contributed by atoms with Crippen molar-refractivity contribution in [3.63, 3.8) is 0 Å². The molecule has 1 heterocycles. The van der Waals surface area contributed by atoms with Gasteiger partial charge in [0.15, 0.2) is 0 Å². The second-order valence-electron chi connectivity index (χ2n) is 1.95. The van der Waals surface area contributed by atoms with E-state index in [4.69, 9.17) is 16.0 Å². The molecule has 0 unspecified atom stereocenters. The Bertz CT molecular complexity index is 400. The monoisotopic (exact) mass is 230 g/mol. The van der Waals surface area contributed by atoms with E-state index in [1.165, 1.54) is 0 Å². The van der Waals surface area contributed by atoms with Gasteiger partial charge in [0.25, 0.3) is 0 Å². The van der Waals surface area contributed by atoms with Crippen LogP contribution in [0, 0.1) is 0 Å². The van der Waals surface area contributed by atoms with Gasteiger partial charge in [-0.2, -0.15) is 23.4 Å². The van der Waals surface area contributed by atoms with Crippen molar-refractivity contribution < 1.29 is 13.0 Å². The van der Waals surface area contributed by atoms with Crippen molar-refractivity contribution in [3.05, 3.63) is 0 Å². The van der Waals surface area contributed by atoms with E-state index >= 15 is 0 Å². The normalized spacial score (nSPS) is 10.4. The molecule has 0 atom stereocenters. The zero-order valence-electron chi connectivity index (χ0n) is 6.17. The molecule has 0 radical (unpaired) electrons. The first-order valence-corrected chi connectivity index (χ1v) is 4.33. The van der Waals surface area contributed by atoms with Crippen LogP contribution in [0.1, 0.15) is 0 Å². The van der Waals surface area contributed by atoms with Crippen LogP contribution in [0.5, 0.6) is 0 Å². The van der Waals surface area contributed by atoms with Gasteiger partial charge in [-0.1, -0.05) is 0 Å². The number of anilines is 3. The van der Waals surface area contributed by atoms with Gasteiger partial charge in [-0.15, -0.1) is 0 Å². The molecule has 1 aromatic rings. The van der Waals surface area contributed by atoms with Crippen LogP contribution in [0.3, 0.4) is 0 Å². The Morgan fingerprint density at radius 3 is 1.93 bits per heavy atom. The molecule has 9 nitrogen and oxygen atoms in total. The Labute approximate surface area is 101 Å². The predicted molar refractivity (Wildman–Crippen MR) is 51.0 cm³/mol. The van der Waals surface area contributed by atoms with Gasteiger partial charge in [-0.3, -0.25) is 4.55 Å². The quantitative estimate of drug-likeness (QED) is 0.323. The minimum atomic E-state index is -4.42. The SMILES string of the molecule is Nc1nc(N)nc(NS(=O)(=O)O)n1.[NaH]. The fourth-order valence-electron chi connectivity index (χ4n) is 0.570. The van der Waals surface area contributed by atoms with E-state index in [1.807, 2.05) is 0 Å². The standard InChI is InChI=1S/C3H6N6O3S.Na.H/c4-1-6-2(5)8-3(7-1)9-13(10,11)12;;/h(H,10,11,12)(H5,4,5,6,7,8,9);;. The first-order valence-electron chi connectivity index (χ1n) is 2.89. The molecule has 0 aliphatic heterocycles. The van der Waals surface area contributed by atoms with Crippen LogP contribution >= 0.6 is 0 Å². The summed E-state index contributed by atoms with van der Waals surface area (Å²) in [5, 5.41) is 0. The average molecular weight is 230 g/mol. The van der Waals surface area contributed by atoms with Crippen molar-refractivity contribution >= 4 is 57.7 Å². The summed E-state index contributed by atoms with van der Waals surface area (Å²) in [6, 6.07) is 0. The molecule has 0 fully saturated rings. The molecular weight excluding hydrogens is 223 g/mol. The van der Waals surface area contributed by atoms with Crippen LogP contribution in [0.15, 0.2) is 0 Å². The molecule has 11 heteroatoms. The molecule has 1 aromatic heterocycles. The summed E-state index contributed by atoms with van der Waals surface area (Å²) in [4.78, 5) is 10.1. The molecule has 0 aliphatic carbocycles. The third-order valence-electron chi connectivity index (χ3n) is 0.890. The van der Waals surface area contributed by atoms with Gasteiger partial charge >= 0.3 is 39.9 Å². The van der Waals surface area contributed by atoms with Crippen molar-refractivity contribution in [1.29, 1.82) is 0 Å². The second kappa shape index (κ2) is 4.70. The summed E-state index contributed by atoms with van der Waals surface area (Å²) in [5.74, 6) is -0.940. The molecule has 0 bridgehead atoms. The Morgan fingerprint density at radius 1 is 1.14 bits per heavy atom. The van der Waals surface area contributed by atoms with Gasteiger partial charge in [0.1, 0.15) is 0 Å². The maximum absolute atomic E-state index is 10.3. The number of nitrogens with one attached hydrogen (secondary N) is 1. The number of nitrogens with zero attached hydrogens (tertiary/aromatic N) is 3. The summed E-state index contributed by atoms with van der Waals surface area (Å²) in [5.41, 5.74) is 10.2. The molecule has 0 spiro atoms. The molecular formula is C3H7N6NaO3S. The van der Waals surface area contributed by atoms with Gasteiger partial charge < -0.3 is 11.5 Å². The topological polar surface area (TPSA) is 157 Å². The van der Waals surface area contributed by atoms with Crippen molar-refractivity contribution in [3.8, 4) is 0 Å². The molecule has 74 valence electrons. The van der Waals surface area contributed by atoms with Crippen molar-refractivity contribution in [2.24, 2.45) is 0 Å². The van der Waals surface area contributed by atoms with Crippen LogP contribution in [-0.2, 0) is 10.3 Å². The summed E-state index contributed by atoms with van der Waals surface area (Å²) in [7, 11) is -4.42. The summed E-state index contributed by atoms with van der Waals surface area (Å²) in [6.07, 6.45) is 0. The zero-order valence-corrected chi connectivity index (χ0v) is 6.98. The second-order valence-corrected chi connectivity index (χ2v) is 3.11. The van der Waals surface area contributed by atoms with Crippen LogP contribution in [0.4, 0.5) is 17.8 Å². The molecule has 0 aliphatic rings. The summed E-state index contributed by atoms with van der Waals surface area (Å²) >= 11 is 0. The number of hydrogen-bond donors (Lipinski definition) is 4. The van der Waals surface area contributed by atoms with Crippen LogP contribution < -0.4 is 16.2 Å². The Morgan fingerprint density at radius 2 is 1.57 bits per heavy atom. The van der Waals surface area contributed by atoms with E-state index in [-0.39, 0.29) is 41.5 Å². The van der Waals surface area contributed by atoms with Crippen molar-refractivity contribution in [2.75, 3.05) is 16.2 Å². The van der Waals surface area contributed by atoms with Crippen molar-refractivity contribution in [1.82, 2.24) is 15.0 Å².